The van der Waals surface area contributed by atoms with E-state index in [1.165, 1.54) is 42.5 Å². The van der Waals surface area contributed by atoms with Crippen molar-refractivity contribution in [2.24, 2.45) is 5.16 Å². The molecule has 0 bridgehead atoms. The maximum absolute atomic E-state index is 16.0. The molecule has 2 aliphatic heterocycles. The van der Waals surface area contributed by atoms with Gasteiger partial charge in [0.15, 0.2) is 17.3 Å². The zero-order valence-corrected chi connectivity index (χ0v) is 24.3. The van der Waals surface area contributed by atoms with Crippen molar-refractivity contribution in [1.82, 2.24) is 4.57 Å². The van der Waals surface area contributed by atoms with E-state index < -0.39 is 47.0 Å². The summed E-state index contributed by atoms with van der Waals surface area (Å²) in [6.45, 7) is 1.86. The number of thioether (sulfide) groups is 1. The number of halogens is 5. The predicted octanol–water partition coefficient (Wildman–Crippen LogP) is 7.18. The third-order valence-electron chi connectivity index (χ3n) is 7.70. The van der Waals surface area contributed by atoms with Gasteiger partial charge < -0.3 is 14.3 Å². The van der Waals surface area contributed by atoms with Crippen LogP contribution in [0.5, 0.6) is 11.5 Å². The second-order valence-electron chi connectivity index (χ2n) is 10.2. The van der Waals surface area contributed by atoms with Crippen LogP contribution < -0.4 is 15.0 Å². The van der Waals surface area contributed by atoms with Gasteiger partial charge in [-0.05, 0) is 42.3 Å². The van der Waals surface area contributed by atoms with Crippen LogP contribution in [0.25, 0.3) is 11.1 Å². The Kier molecular flexibility index (Phi) is 7.87. The van der Waals surface area contributed by atoms with Crippen molar-refractivity contribution in [3.63, 3.8) is 0 Å². The van der Waals surface area contributed by atoms with Gasteiger partial charge in [-0.2, -0.15) is 13.2 Å². The van der Waals surface area contributed by atoms with Gasteiger partial charge in [-0.15, -0.1) is 11.8 Å². The minimum absolute atomic E-state index is 0.0829. The summed E-state index contributed by atoms with van der Waals surface area (Å²) in [7, 11) is 1.36. The lowest BCUT2D eigenvalue weighted by Crippen LogP contribution is -2.32. The molecule has 1 atom stereocenters. The second-order valence-corrected chi connectivity index (χ2v) is 11.2. The molecule has 0 saturated heterocycles. The van der Waals surface area contributed by atoms with Crippen LogP contribution in [-0.2, 0) is 17.4 Å². The molecule has 0 N–H and O–H groups in total. The van der Waals surface area contributed by atoms with Gasteiger partial charge in [0, 0.05) is 28.9 Å². The summed E-state index contributed by atoms with van der Waals surface area (Å²) < 4.78 is 85.7. The Morgan fingerprint density at radius 2 is 1.77 bits per heavy atom. The van der Waals surface area contributed by atoms with Crippen molar-refractivity contribution in [2.75, 3.05) is 26.1 Å². The molecule has 4 aromatic rings. The molecule has 3 aromatic carbocycles. The van der Waals surface area contributed by atoms with E-state index in [4.69, 9.17) is 14.3 Å². The van der Waals surface area contributed by atoms with Crippen LogP contribution in [0.15, 0.2) is 75.6 Å². The predicted molar refractivity (Wildman–Crippen MR) is 156 cm³/mol. The maximum Gasteiger partial charge on any atom is 0.416 e. The van der Waals surface area contributed by atoms with E-state index in [2.05, 4.69) is 5.16 Å². The molecule has 2 aliphatic rings. The van der Waals surface area contributed by atoms with Gasteiger partial charge in [-0.1, -0.05) is 41.6 Å². The quantitative estimate of drug-likeness (QED) is 0.129. The van der Waals surface area contributed by atoms with E-state index in [9.17, 15) is 18.0 Å². The van der Waals surface area contributed by atoms with Crippen LogP contribution in [-0.4, -0.2) is 36.4 Å². The zero-order valence-electron chi connectivity index (χ0n) is 23.5. The Balaban J connectivity index is 1.63. The van der Waals surface area contributed by atoms with E-state index >= 15 is 8.78 Å². The fourth-order valence-electron chi connectivity index (χ4n) is 5.70. The third kappa shape index (κ3) is 5.10. The van der Waals surface area contributed by atoms with Gasteiger partial charge >= 0.3 is 6.18 Å². The fraction of sp³-hybridized carbons (Fsp3) is 0.250. The number of benzene rings is 3. The monoisotopic (exact) mass is 628 g/mol. The molecule has 0 fully saturated rings. The first-order chi connectivity index (χ1) is 21.1. The molecule has 1 aromatic heterocycles. The summed E-state index contributed by atoms with van der Waals surface area (Å²) in [5.74, 6) is -1.60. The van der Waals surface area contributed by atoms with E-state index in [-0.39, 0.29) is 52.7 Å². The second kappa shape index (κ2) is 11.6. The topological polar surface area (TPSA) is 62.0 Å². The van der Waals surface area contributed by atoms with E-state index in [1.54, 1.807) is 24.3 Å². The van der Waals surface area contributed by atoms with Gasteiger partial charge in [0.2, 0.25) is 0 Å². The van der Waals surface area contributed by atoms with Gasteiger partial charge in [0.05, 0.1) is 22.2 Å². The summed E-state index contributed by atoms with van der Waals surface area (Å²) in [6, 6.07) is 13.9. The number of nitrogens with zero attached hydrogens (tertiary/aromatic N) is 2. The normalized spacial score (nSPS) is 16.2. The van der Waals surface area contributed by atoms with Crippen molar-refractivity contribution in [2.45, 2.75) is 30.6 Å². The van der Waals surface area contributed by atoms with Crippen LogP contribution in [0.3, 0.4) is 0 Å². The van der Waals surface area contributed by atoms with Gasteiger partial charge in [0.25, 0.3) is 5.56 Å². The lowest BCUT2D eigenvalue weighted by molar-refractivity contribution is -0.138. The Morgan fingerprint density at radius 1 is 1.02 bits per heavy atom. The molecule has 1 unspecified atom stereocenters. The first kappa shape index (κ1) is 29.7. The summed E-state index contributed by atoms with van der Waals surface area (Å²) in [4.78, 5) is 19.6. The molecule has 44 heavy (non-hydrogen) atoms. The molecular formula is C32H25F5N2O4S. The lowest BCUT2D eigenvalue weighted by Gasteiger charge is -2.24. The number of fused-ring (bicyclic) bond motifs is 2. The van der Waals surface area contributed by atoms with Crippen molar-refractivity contribution < 1.29 is 36.3 Å². The number of aromatic nitrogens is 1. The molecule has 228 valence electrons. The van der Waals surface area contributed by atoms with Crippen LogP contribution in [0, 0.1) is 18.6 Å². The molecule has 12 heteroatoms. The van der Waals surface area contributed by atoms with Crippen LogP contribution in [0.2, 0.25) is 0 Å². The molecule has 3 heterocycles. The molecule has 6 rings (SSSR count). The number of hydrogen-bond donors (Lipinski definition) is 0. The Morgan fingerprint density at radius 3 is 2.50 bits per heavy atom. The Labute approximate surface area is 253 Å². The summed E-state index contributed by atoms with van der Waals surface area (Å²) in [5.41, 5.74) is -0.937. The number of rotatable bonds is 6. The highest BCUT2D eigenvalue weighted by atomic mass is 32.2. The molecule has 0 amide bonds. The summed E-state index contributed by atoms with van der Waals surface area (Å²) in [6.07, 6.45) is -5.32. The van der Waals surface area contributed by atoms with E-state index in [0.29, 0.717) is 16.3 Å². The lowest BCUT2D eigenvalue weighted by atomic mass is 9.92. The highest BCUT2D eigenvalue weighted by molar-refractivity contribution is 7.99. The molecule has 0 saturated carbocycles. The molecule has 0 aliphatic carbocycles. The average Bonchev–Trinajstić information content (AvgIpc) is 3.45. The number of hydrogen-bond acceptors (Lipinski definition) is 6. The minimum atomic E-state index is -4.83. The van der Waals surface area contributed by atoms with Crippen molar-refractivity contribution >= 4 is 17.5 Å². The molecule has 0 spiro atoms. The molecule has 6 nitrogen and oxygen atoms in total. The third-order valence-corrected chi connectivity index (χ3v) is 8.90. The van der Waals surface area contributed by atoms with Crippen LogP contribution in [0.4, 0.5) is 22.0 Å². The standard InChI is InChI=1S/C32H25F5N2O4S/c1-17-20(15-21-22(32(35,36)37)9-6-10-23(21)33)31-39(24(16-44-31)28(38-41-2)18-7-4-3-5-8-18)30(40)26(17)19-11-12-25-29(27(19)34)43-14-13-42-25/h3-12,24H,13-16H2,1-2H3. The largest absolute Gasteiger partial charge is 0.486 e. The number of oxime groups is 1. The van der Waals surface area contributed by atoms with Gasteiger partial charge in [-0.3, -0.25) is 9.36 Å². The van der Waals surface area contributed by atoms with E-state index in [0.717, 1.165) is 18.2 Å². The van der Waals surface area contributed by atoms with Crippen LogP contribution in [0.1, 0.15) is 33.9 Å². The van der Waals surface area contributed by atoms with Gasteiger partial charge in [-0.25, -0.2) is 8.78 Å². The Bertz CT molecular complexity index is 1840. The molecular weight excluding hydrogens is 603 g/mol. The summed E-state index contributed by atoms with van der Waals surface area (Å²) >= 11 is 1.23. The fourth-order valence-corrected chi connectivity index (χ4v) is 7.07. The number of pyridine rings is 1. The smallest absolute Gasteiger partial charge is 0.416 e. The highest BCUT2D eigenvalue weighted by Crippen LogP contribution is 2.44. The Hall–Kier alpha value is -4.32. The molecule has 0 radical (unpaired) electrons. The zero-order chi connectivity index (χ0) is 31.2. The number of alkyl halides is 3. The highest BCUT2D eigenvalue weighted by Gasteiger charge is 2.38. The first-order valence-electron chi connectivity index (χ1n) is 13.6. The van der Waals surface area contributed by atoms with Gasteiger partial charge in [0.1, 0.15) is 31.9 Å². The average molecular weight is 629 g/mol. The summed E-state index contributed by atoms with van der Waals surface area (Å²) in [5, 5.41) is 4.56. The first-order valence-corrected chi connectivity index (χ1v) is 14.6. The maximum atomic E-state index is 16.0. The SMILES string of the molecule is CON=C(c1ccccc1)C1CSc2c(Cc3c(F)cccc3C(F)(F)F)c(C)c(-c3ccc4c(c3F)OCCO4)c(=O)n21. The van der Waals surface area contributed by atoms with Crippen molar-refractivity contribution in [3.8, 4) is 22.6 Å². The minimum Gasteiger partial charge on any atom is -0.486 e. The van der Waals surface area contributed by atoms with E-state index in [1.807, 2.05) is 6.07 Å². The van der Waals surface area contributed by atoms with Crippen LogP contribution >= 0.6 is 11.8 Å². The number of ether oxygens (including phenoxy) is 2. The van der Waals surface area contributed by atoms with Crippen molar-refractivity contribution in [3.05, 3.63) is 110 Å². The van der Waals surface area contributed by atoms with Crippen molar-refractivity contribution in [1.29, 1.82) is 0 Å².